The minimum absolute atomic E-state index is 0.125. The minimum Gasteiger partial charge on any atom is -0.329 e. The molecule has 1 heterocycles. The van der Waals surface area contributed by atoms with E-state index in [0.717, 1.165) is 17.0 Å². The second kappa shape index (κ2) is 7.88. The summed E-state index contributed by atoms with van der Waals surface area (Å²) in [5.41, 5.74) is 1.06. The molecule has 1 fully saturated rings. The standard InChI is InChI=1S/C19H21N3O3S/c1-20-10-11-21(18(13-20)14-6-4-3-5-7-14)19(23)16-12-15(26-2)8-9-17(16)22(24)25/h3-9,12,18H,10-11,13H2,1-2H3. The van der Waals surface area contributed by atoms with Crippen LogP contribution in [0.3, 0.4) is 0 Å². The molecule has 1 aliphatic rings. The van der Waals surface area contributed by atoms with E-state index >= 15 is 0 Å². The Labute approximate surface area is 156 Å². The number of thioether (sulfide) groups is 1. The van der Waals surface area contributed by atoms with Gasteiger partial charge in [0.05, 0.1) is 11.0 Å². The van der Waals surface area contributed by atoms with Crippen LogP contribution in [0.5, 0.6) is 0 Å². The number of nitrogens with zero attached hydrogens (tertiary/aromatic N) is 3. The molecule has 3 rings (SSSR count). The minimum atomic E-state index is -0.481. The SMILES string of the molecule is CSc1ccc([N+](=O)[O-])c(C(=O)N2CCN(C)CC2c2ccccc2)c1. The zero-order valence-corrected chi connectivity index (χ0v) is 15.6. The Bertz CT molecular complexity index is 813. The number of piperazine rings is 1. The third kappa shape index (κ3) is 3.73. The predicted molar refractivity (Wildman–Crippen MR) is 103 cm³/mol. The molecule has 0 spiro atoms. The van der Waals surface area contributed by atoms with E-state index in [0.29, 0.717) is 13.1 Å². The van der Waals surface area contributed by atoms with Crippen LogP contribution in [-0.4, -0.2) is 53.6 Å². The summed E-state index contributed by atoms with van der Waals surface area (Å²) in [7, 11) is 2.02. The highest BCUT2D eigenvalue weighted by molar-refractivity contribution is 7.98. The molecule has 0 N–H and O–H groups in total. The van der Waals surface area contributed by atoms with Gasteiger partial charge in [-0.25, -0.2) is 0 Å². The van der Waals surface area contributed by atoms with E-state index in [9.17, 15) is 14.9 Å². The molecule has 0 aromatic heterocycles. The molecule has 1 atom stereocenters. The smallest absolute Gasteiger partial charge is 0.282 e. The number of nitro benzene ring substituents is 1. The van der Waals surface area contributed by atoms with E-state index < -0.39 is 4.92 Å². The van der Waals surface area contributed by atoms with E-state index in [4.69, 9.17) is 0 Å². The third-order valence-corrected chi connectivity index (χ3v) is 5.38. The number of nitro groups is 1. The molecule has 1 unspecified atom stereocenters. The van der Waals surface area contributed by atoms with E-state index in [2.05, 4.69) is 4.90 Å². The van der Waals surface area contributed by atoms with Gasteiger partial charge in [-0.3, -0.25) is 14.9 Å². The highest BCUT2D eigenvalue weighted by atomic mass is 32.2. The number of amides is 1. The largest absolute Gasteiger partial charge is 0.329 e. The summed E-state index contributed by atoms with van der Waals surface area (Å²) in [6.45, 7) is 1.98. The van der Waals surface area contributed by atoms with Gasteiger partial charge in [-0.05, 0) is 31.0 Å². The summed E-state index contributed by atoms with van der Waals surface area (Å²) in [5.74, 6) is -0.283. The first kappa shape index (κ1) is 18.4. The molecule has 1 saturated heterocycles. The first-order valence-corrected chi connectivity index (χ1v) is 9.60. The molecule has 1 aliphatic heterocycles. The van der Waals surface area contributed by atoms with Crippen molar-refractivity contribution in [3.05, 3.63) is 69.8 Å². The molecule has 1 amide bonds. The van der Waals surface area contributed by atoms with Crippen molar-refractivity contribution >= 4 is 23.4 Å². The van der Waals surface area contributed by atoms with Crippen molar-refractivity contribution in [2.24, 2.45) is 0 Å². The maximum absolute atomic E-state index is 13.3. The number of carbonyl (C=O) groups excluding carboxylic acids is 1. The topological polar surface area (TPSA) is 66.7 Å². The van der Waals surface area contributed by atoms with Crippen LogP contribution in [0.25, 0.3) is 0 Å². The summed E-state index contributed by atoms with van der Waals surface area (Å²) in [6, 6.07) is 14.4. The maximum Gasteiger partial charge on any atom is 0.282 e. The van der Waals surface area contributed by atoms with Crippen LogP contribution >= 0.6 is 11.8 Å². The average molecular weight is 371 g/mol. The monoisotopic (exact) mass is 371 g/mol. The molecule has 0 bridgehead atoms. The zero-order chi connectivity index (χ0) is 18.7. The van der Waals surface area contributed by atoms with Crippen LogP contribution in [0.2, 0.25) is 0 Å². The molecular weight excluding hydrogens is 350 g/mol. The fourth-order valence-corrected chi connectivity index (χ4v) is 3.69. The van der Waals surface area contributed by atoms with Gasteiger partial charge in [0.1, 0.15) is 5.56 Å². The average Bonchev–Trinajstić information content (AvgIpc) is 2.67. The van der Waals surface area contributed by atoms with Gasteiger partial charge < -0.3 is 9.80 Å². The molecule has 2 aromatic carbocycles. The van der Waals surface area contributed by atoms with Crippen molar-refractivity contribution in [1.82, 2.24) is 9.80 Å². The molecule has 26 heavy (non-hydrogen) atoms. The van der Waals surface area contributed by atoms with Gasteiger partial charge in [0, 0.05) is 30.6 Å². The normalized spacial score (nSPS) is 17.9. The van der Waals surface area contributed by atoms with Crippen LogP contribution in [0.4, 0.5) is 5.69 Å². The van der Waals surface area contributed by atoms with Crippen molar-refractivity contribution in [2.45, 2.75) is 10.9 Å². The summed E-state index contributed by atoms with van der Waals surface area (Å²) in [4.78, 5) is 29.0. The van der Waals surface area contributed by atoms with Crippen molar-refractivity contribution in [3.8, 4) is 0 Å². The van der Waals surface area contributed by atoms with Crippen LogP contribution in [0, 0.1) is 10.1 Å². The van der Waals surface area contributed by atoms with E-state index in [1.807, 2.05) is 43.6 Å². The second-order valence-electron chi connectivity index (χ2n) is 6.33. The molecule has 0 radical (unpaired) electrons. The van der Waals surface area contributed by atoms with Gasteiger partial charge in [0.15, 0.2) is 0 Å². The van der Waals surface area contributed by atoms with Crippen molar-refractivity contribution in [1.29, 1.82) is 0 Å². The third-order valence-electron chi connectivity index (χ3n) is 4.66. The van der Waals surface area contributed by atoms with Crippen LogP contribution in [-0.2, 0) is 0 Å². The van der Waals surface area contributed by atoms with Gasteiger partial charge in [-0.2, -0.15) is 0 Å². The van der Waals surface area contributed by atoms with Crippen LogP contribution < -0.4 is 0 Å². The molecule has 7 heteroatoms. The Morgan fingerprint density at radius 2 is 1.92 bits per heavy atom. The molecule has 0 saturated carbocycles. The Morgan fingerprint density at radius 3 is 2.58 bits per heavy atom. The number of carbonyl (C=O) groups is 1. The first-order valence-electron chi connectivity index (χ1n) is 8.38. The highest BCUT2D eigenvalue weighted by Gasteiger charge is 2.33. The van der Waals surface area contributed by atoms with E-state index in [1.54, 1.807) is 17.0 Å². The molecule has 0 aliphatic carbocycles. The lowest BCUT2D eigenvalue weighted by Gasteiger charge is -2.40. The number of benzene rings is 2. The Kier molecular flexibility index (Phi) is 5.58. The summed E-state index contributed by atoms with van der Waals surface area (Å²) in [5, 5.41) is 11.4. The van der Waals surface area contributed by atoms with Gasteiger partial charge in [-0.15, -0.1) is 11.8 Å². The van der Waals surface area contributed by atoms with Crippen molar-refractivity contribution < 1.29 is 9.72 Å². The van der Waals surface area contributed by atoms with E-state index in [1.165, 1.54) is 17.8 Å². The van der Waals surface area contributed by atoms with Gasteiger partial charge in [-0.1, -0.05) is 30.3 Å². The lowest BCUT2D eigenvalue weighted by atomic mass is 10.0. The van der Waals surface area contributed by atoms with Crippen LogP contribution in [0.1, 0.15) is 22.0 Å². The van der Waals surface area contributed by atoms with Crippen molar-refractivity contribution in [2.75, 3.05) is 32.9 Å². The zero-order valence-electron chi connectivity index (χ0n) is 14.8. The fourth-order valence-electron chi connectivity index (χ4n) is 3.25. The Balaban J connectivity index is 2.01. The molecule has 6 nitrogen and oxygen atoms in total. The Morgan fingerprint density at radius 1 is 1.19 bits per heavy atom. The van der Waals surface area contributed by atoms with Gasteiger partial charge in [0.25, 0.3) is 11.6 Å². The maximum atomic E-state index is 13.3. The quantitative estimate of drug-likeness (QED) is 0.468. The van der Waals surface area contributed by atoms with Gasteiger partial charge >= 0.3 is 0 Å². The fraction of sp³-hybridized carbons (Fsp3) is 0.316. The number of hydrogen-bond donors (Lipinski definition) is 0. The Hall–Kier alpha value is -2.38. The summed E-state index contributed by atoms with van der Waals surface area (Å²) >= 11 is 1.46. The second-order valence-corrected chi connectivity index (χ2v) is 7.21. The molecular formula is C19H21N3O3S. The highest BCUT2D eigenvalue weighted by Crippen LogP contribution is 2.31. The van der Waals surface area contributed by atoms with Crippen LogP contribution in [0.15, 0.2) is 53.4 Å². The van der Waals surface area contributed by atoms with Gasteiger partial charge in [0.2, 0.25) is 0 Å². The van der Waals surface area contributed by atoms with E-state index in [-0.39, 0.29) is 23.2 Å². The predicted octanol–water partition coefficient (Wildman–Crippen LogP) is 3.45. The summed E-state index contributed by atoms with van der Waals surface area (Å²) in [6.07, 6.45) is 1.89. The molecule has 2 aromatic rings. The number of rotatable bonds is 4. The number of hydrogen-bond acceptors (Lipinski definition) is 5. The van der Waals surface area contributed by atoms with Crippen molar-refractivity contribution in [3.63, 3.8) is 0 Å². The summed E-state index contributed by atoms with van der Waals surface area (Å²) < 4.78 is 0. The molecule has 136 valence electrons. The number of likely N-dealkylation sites (N-methyl/N-ethyl adjacent to an activating group) is 1. The lowest BCUT2D eigenvalue weighted by Crippen LogP contribution is -2.49. The lowest BCUT2D eigenvalue weighted by molar-refractivity contribution is -0.385. The first-order chi connectivity index (χ1) is 12.5.